The minimum atomic E-state index is 0.520. The second kappa shape index (κ2) is 10.2. The van der Waals surface area contributed by atoms with Crippen LogP contribution >= 0.6 is 11.6 Å². The summed E-state index contributed by atoms with van der Waals surface area (Å²) in [7, 11) is 2.20. The molecule has 3 aromatic rings. The quantitative estimate of drug-likeness (QED) is 0.583. The van der Waals surface area contributed by atoms with Crippen LogP contribution in [-0.2, 0) is 6.54 Å². The van der Waals surface area contributed by atoms with Crippen LogP contribution < -0.4 is 10.2 Å². The Labute approximate surface area is 206 Å². The number of fused-ring (bicyclic) bond motifs is 1. The zero-order chi connectivity index (χ0) is 23.5. The van der Waals surface area contributed by atoms with E-state index in [1.807, 2.05) is 42.5 Å². The third-order valence-corrected chi connectivity index (χ3v) is 7.37. The van der Waals surface area contributed by atoms with Crippen LogP contribution in [0.1, 0.15) is 24.0 Å². The van der Waals surface area contributed by atoms with E-state index in [9.17, 15) is 5.26 Å². The SMILES string of the molecule is CN1CCN(C2CCCN(c3c(C#N)c(NCc4ccc(Cl)cc4)nc4ccccc34)C2)CC1. The lowest BCUT2D eigenvalue weighted by Crippen LogP contribution is -2.54. The molecule has 1 atom stereocenters. The van der Waals surface area contributed by atoms with Gasteiger partial charge in [-0.2, -0.15) is 5.26 Å². The lowest BCUT2D eigenvalue weighted by atomic mass is 9.99. The van der Waals surface area contributed by atoms with Gasteiger partial charge in [0.05, 0.1) is 11.2 Å². The highest BCUT2D eigenvalue weighted by Crippen LogP contribution is 2.36. The molecule has 3 heterocycles. The molecule has 0 saturated carbocycles. The maximum atomic E-state index is 10.3. The van der Waals surface area contributed by atoms with Gasteiger partial charge in [0.2, 0.25) is 0 Å². The van der Waals surface area contributed by atoms with Crippen LogP contribution in [0.2, 0.25) is 5.02 Å². The first-order valence-electron chi connectivity index (χ1n) is 12.1. The van der Waals surface area contributed by atoms with Gasteiger partial charge in [-0.25, -0.2) is 4.98 Å². The molecule has 5 rings (SSSR count). The van der Waals surface area contributed by atoms with Gasteiger partial charge in [-0.05, 0) is 43.7 Å². The van der Waals surface area contributed by atoms with Crippen molar-refractivity contribution in [3.8, 4) is 6.07 Å². The summed E-state index contributed by atoms with van der Waals surface area (Å²) < 4.78 is 0. The van der Waals surface area contributed by atoms with Crippen molar-refractivity contribution in [2.45, 2.75) is 25.4 Å². The number of piperazine rings is 1. The van der Waals surface area contributed by atoms with Crippen molar-refractivity contribution in [3.63, 3.8) is 0 Å². The molecule has 2 fully saturated rings. The van der Waals surface area contributed by atoms with Gasteiger partial charge in [0.15, 0.2) is 0 Å². The number of nitriles is 1. The number of rotatable bonds is 5. The first kappa shape index (κ1) is 22.9. The van der Waals surface area contributed by atoms with E-state index in [1.165, 1.54) is 6.42 Å². The van der Waals surface area contributed by atoms with E-state index < -0.39 is 0 Å². The maximum Gasteiger partial charge on any atom is 0.147 e. The van der Waals surface area contributed by atoms with Crippen molar-refractivity contribution in [2.75, 3.05) is 56.5 Å². The van der Waals surface area contributed by atoms with Gasteiger partial charge in [-0.1, -0.05) is 41.9 Å². The van der Waals surface area contributed by atoms with E-state index in [2.05, 4.69) is 39.2 Å². The number of nitrogens with one attached hydrogen (secondary N) is 1. The van der Waals surface area contributed by atoms with Gasteiger partial charge in [-0.3, -0.25) is 4.90 Å². The van der Waals surface area contributed by atoms with Gasteiger partial charge in [0, 0.05) is 62.3 Å². The molecule has 34 heavy (non-hydrogen) atoms. The molecule has 0 radical (unpaired) electrons. The smallest absolute Gasteiger partial charge is 0.147 e. The number of hydrogen-bond acceptors (Lipinski definition) is 6. The number of piperidine rings is 1. The molecule has 2 aliphatic rings. The average Bonchev–Trinajstić information content (AvgIpc) is 2.88. The lowest BCUT2D eigenvalue weighted by molar-refractivity contribution is 0.103. The molecule has 176 valence electrons. The van der Waals surface area contributed by atoms with E-state index in [0.717, 1.165) is 67.8 Å². The summed E-state index contributed by atoms with van der Waals surface area (Å²) in [6.45, 7) is 6.97. The Morgan fingerprint density at radius 1 is 1.06 bits per heavy atom. The molecule has 6 nitrogen and oxygen atoms in total. The van der Waals surface area contributed by atoms with Gasteiger partial charge in [0.25, 0.3) is 0 Å². The summed E-state index contributed by atoms with van der Waals surface area (Å²) in [5.74, 6) is 0.646. The molecule has 1 N–H and O–H groups in total. The van der Waals surface area contributed by atoms with Gasteiger partial charge < -0.3 is 15.1 Å². The first-order valence-corrected chi connectivity index (χ1v) is 12.5. The number of pyridine rings is 1. The number of halogens is 1. The molecule has 0 spiro atoms. The standard InChI is InChI=1S/C27H31ClN6/c1-32-13-15-33(16-14-32)22-5-4-12-34(19-22)26-23-6-2-3-7-25(23)31-27(24(26)17-29)30-18-20-8-10-21(28)11-9-20/h2-3,6-11,22H,4-5,12-16,18-19H2,1H3,(H,30,31). The van der Waals surface area contributed by atoms with Crippen LogP contribution in [0.4, 0.5) is 11.5 Å². The third kappa shape index (κ3) is 4.83. The minimum absolute atomic E-state index is 0.520. The normalized spacial score (nSPS) is 19.8. The summed E-state index contributed by atoms with van der Waals surface area (Å²) in [6, 6.07) is 19.0. The second-order valence-corrected chi connectivity index (χ2v) is 9.81. The zero-order valence-electron chi connectivity index (χ0n) is 19.7. The monoisotopic (exact) mass is 474 g/mol. The molecule has 0 amide bonds. The van der Waals surface area contributed by atoms with Crippen LogP contribution in [0.3, 0.4) is 0 Å². The minimum Gasteiger partial charge on any atom is -0.368 e. The van der Waals surface area contributed by atoms with Crippen molar-refractivity contribution >= 4 is 34.0 Å². The molecule has 0 bridgehead atoms. The molecule has 2 saturated heterocycles. The topological polar surface area (TPSA) is 58.4 Å². The van der Waals surface area contributed by atoms with Gasteiger partial charge in [0.1, 0.15) is 17.5 Å². The summed E-state index contributed by atoms with van der Waals surface area (Å²) >= 11 is 6.04. The van der Waals surface area contributed by atoms with Crippen molar-refractivity contribution in [3.05, 3.63) is 64.7 Å². The van der Waals surface area contributed by atoms with Crippen LogP contribution in [0.25, 0.3) is 10.9 Å². The zero-order valence-corrected chi connectivity index (χ0v) is 20.4. The highest BCUT2D eigenvalue weighted by atomic mass is 35.5. The second-order valence-electron chi connectivity index (χ2n) is 9.37. The van der Waals surface area contributed by atoms with Crippen LogP contribution in [-0.4, -0.2) is 67.1 Å². The molecular formula is C27H31ClN6. The Hall–Kier alpha value is -2.85. The predicted molar refractivity (Wildman–Crippen MR) is 140 cm³/mol. The number of nitrogens with zero attached hydrogens (tertiary/aromatic N) is 5. The highest BCUT2D eigenvalue weighted by molar-refractivity contribution is 6.30. The number of aromatic nitrogens is 1. The Balaban J connectivity index is 1.46. The molecule has 7 heteroatoms. The van der Waals surface area contributed by atoms with E-state index >= 15 is 0 Å². The molecule has 2 aromatic carbocycles. The largest absolute Gasteiger partial charge is 0.368 e. The van der Waals surface area contributed by atoms with Crippen LogP contribution in [0.15, 0.2) is 48.5 Å². The van der Waals surface area contributed by atoms with Crippen molar-refractivity contribution in [2.24, 2.45) is 0 Å². The third-order valence-electron chi connectivity index (χ3n) is 7.12. The lowest BCUT2D eigenvalue weighted by Gasteiger charge is -2.43. The summed E-state index contributed by atoms with van der Waals surface area (Å²) in [6.07, 6.45) is 2.35. The molecule has 2 aliphatic heterocycles. The number of anilines is 2. The van der Waals surface area contributed by atoms with E-state index in [4.69, 9.17) is 16.6 Å². The fourth-order valence-electron chi connectivity index (χ4n) is 5.19. The Kier molecular flexibility index (Phi) is 6.87. The van der Waals surface area contributed by atoms with Crippen LogP contribution in [0, 0.1) is 11.3 Å². The predicted octanol–water partition coefficient (Wildman–Crippen LogP) is 4.59. The molecule has 0 aliphatic carbocycles. The van der Waals surface area contributed by atoms with Gasteiger partial charge in [-0.15, -0.1) is 0 Å². The Morgan fingerprint density at radius 2 is 1.82 bits per heavy atom. The van der Waals surface area contributed by atoms with Gasteiger partial charge >= 0.3 is 0 Å². The molecule has 1 unspecified atom stereocenters. The Morgan fingerprint density at radius 3 is 2.59 bits per heavy atom. The summed E-state index contributed by atoms with van der Waals surface area (Å²) in [5.41, 5.74) is 3.66. The van der Waals surface area contributed by atoms with Crippen molar-refractivity contribution in [1.29, 1.82) is 5.26 Å². The number of benzene rings is 2. The van der Waals surface area contributed by atoms with Crippen LogP contribution in [0.5, 0.6) is 0 Å². The molecule has 1 aromatic heterocycles. The van der Waals surface area contributed by atoms with Crippen molar-refractivity contribution < 1.29 is 0 Å². The van der Waals surface area contributed by atoms with E-state index in [-0.39, 0.29) is 0 Å². The number of likely N-dealkylation sites (N-methyl/N-ethyl adjacent to an activating group) is 1. The van der Waals surface area contributed by atoms with E-state index in [0.29, 0.717) is 29.0 Å². The summed E-state index contributed by atoms with van der Waals surface area (Å²) in [5, 5.41) is 15.5. The fraction of sp³-hybridized carbons (Fsp3) is 0.407. The summed E-state index contributed by atoms with van der Waals surface area (Å²) in [4.78, 5) is 12.3. The van der Waals surface area contributed by atoms with Crippen molar-refractivity contribution in [1.82, 2.24) is 14.8 Å². The average molecular weight is 475 g/mol. The highest BCUT2D eigenvalue weighted by Gasteiger charge is 2.30. The first-order chi connectivity index (χ1) is 16.6. The van der Waals surface area contributed by atoms with E-state index in [1.54, 1.807) is 0 Å². The number of hydrogen-bond donors (Lipinski definition) is 1. The fourth-order valence-corrected chi connectivity index (χ4v) is 5.31. The Bertz CT molecular complexity index is 1180. The number of para-hydroxylation sites is 1. The molecular weight excluding hydrogens is 444 g/mol. The maximum absolute atomic E-state index is 10.3.